The molecule has 3 unspecified atom stereocenters. The van der Waals surface area contributed by atoms with E-state index >= 15 is 0 Å². The zero-order chi connectivity index (χ0) is 31.5. The molecule has 2 heterocycles. The van der Waals surface area contributed by atoms with Gasteiger partial charge in [0.15, 0.2) is 0 Å². The molecule has 2 N–H and O–H groups in total. The van der Waals surface area contributed by atoms with E-state index in [9.17, 15) is 17.6 Å². The summed E-state index contributed by atoms with van der Waals surface area (Å²) in [5, 5.41) is 9.65. The van der Waals surface area contributed by atoms with E-state index < -0.39 is 18.5 Å². The van der Waals surface area contributed by atoms with Gasteiger partial charge < -0.3 is 15.2 Å². The Hall–Kier alpha value is -2.04. The number of alkyl halides is 4. The maximum Gasteiger partial charge on any atom is 0.387 e. The lowest BCUT2D eigenvalue weighted by Crippen LogP contribution is -2.45. The van der Waals surface area contributed by atoms with E-state index in [1.54, 1.807) is 6.07 Å². The van der Waals surface area contributed by atoms with Gasteiger partial charge in [0.05, 0.1) is 12.5 Å². The van der Waals surface area contributed by atoms with Crippen molar-refractivity contribution in [2.24, 2.45) is 17.3 Å². The van der Waals surface area contributed by atoms with Crippen LogP contribution in [0.2, 0.25) is 0 Å². The number of hydrogen-bond acceptors (Lipinski definition) is 5. The van der Waals surface area contributed by atoms with Crippen molar-refractivity contribution in [2.45, 2.75) is 85.7 Å². The third-order valence-corrected chi connectivity index (χ3v) is 9.35. The van der Waals surface area contributed by atoms with Crippen molar-refractivity contribution < 1.29 is 32.2 Å². The molecule has 0 bridgehead atoms. The van der Waals surface area contributed by atoms with Gasteiger partial charge in [-0.25, -0.2) is 8.78 Å². The molecule has 3 rings (SSSR count). The second-order valence-electron chi connectivity index (χ2n) is 12.1. The van der Waals surface area contributed by atoms with E-state index in [-0.39, 0.29) is 30.6 Å². The van der Waals surface area contributed by atoms with Gasteiger partial charge in [-0.3, -0.25) is 9.69 Å². The first-order chi connectivity index (χ1) is 19.8. The minimum absolute atomic E-state index is 0.0190. The molecule has 2 aliphatic rings. The van der Waals surface area contributed by atoms with Gasteiger partial charge in [0.2, 0.25) is 0 Å². The monoisotopic (exact) mass is 616 g/mol. The molecular formula is C32H48F4N2O3S. The van der Waals surface area contributed by atoms with E-state index in [2.05, 4.69) is 44.0 Å². The van der Waals surface area contributed by atoms with Crippen LogP contribution in [0.25, 0.3) is 4.91 Å². The fourth-order valence-electron chi connectivity index (χ4n) is 5.69. The van der Waals surface area contributed by atoms with Gasteiger partial charge in [0.1, 0.15) is 5.75 Å². The van der Waals surface area contributed by atoms with Crippen LogP contribution in [0.5, 0.6) is 5.75 Å². The summed E-state index contributed by atoms with van der Waals surface area (Å²) in [4.78, 5) is 12.7. The van der Waals surface area contributed by atoms with Crippen LogP contribution in [0, 0.1) is 17.3 Å². The third-order valence-electron chi connectivity index (χ3n) is 8.11. The number of hydrogen-bond donors (Lipinski definition) is 2. The Kier molecular flexibility index (Phi) is 14.4. The normalized spacial score (nSPS) is 23.7. The highest BCUT2D eigenvalue weighted by atomic mass is 32.2. The molecule has 3 atom stereocenters. The van der Waals surface area contributed by atoms with Gasteiger partial charge in [0.25, 0.3) is 12.4 Å². The molecule has 0 aromatic heterocycles. The van der Waals surface area contributed by atoms with Gasteiger partial charge in [-0.1, -0.05) is 71.0 Å². The van der Waals surface area contributed by atoms with Gasteiger partial charge in [-0.05, 0) is 72.6 Å². The molecule has 0 radical (unpaired) electrons. The van der Waals surface area contributed by atoms with Crippen LogP contribution in [0.1, 0.15) is 84.3 Å². The van der Waals surface area contributed by atoms with E-state index in [1.807, 2.05) is 19.9 Å². The highest BCUT2D eigenvalue weighted by molar-refractivity contribution is 8.11. The first-order valence-electron chi connectivity index (χ1n) is 14.8. The van der Waals surface area contributed by atoms with Gasteiger partial charge >= 0.3 is 6.61 Å². The Morgan fingerprint density at radius 2 is 1.95 bits per heavy atom. The predicted molar refractivity (Wildman–Crippen MR) is 164 cm³/mol. The van der Waals surface area contributed by atoms with Crippen molar-refractivity contribution in [1.29, 1.82) is 0 Å². The number of ether oxygens (including phenoxy) is 1. The van der Waals surface area contributed by atoms with Crippen molar-refractivity contribution in [1.82, 2.24) is 10.2 Å². The molecule has 5 nitrogen and oxygen atoms in total. The van der Waals surface area contributed by atoms with E-state index in [4.69, 9.17) is 14.6 Å². The SMILES string of the molecule is C/C=C(/CN1CC(CC)CC(C(C)(C)C)C1)S/C(=C\CC)c1cc(C2CCNCC2(F)F)ccc1OC(F)F.O=CO. The maximum atomic E-state index is 14.8. The number of carboxylic acid groups (broad SMARTS) is 1. The predicted octanol–water partition coefficient (Wildman–Crippen LogP) is 8.48. The lowest BCUT2D eigenvalue weighted by molar-refractivity contribution is -0.122. The molecular weight excluding hydrogens is 568 g/mol. The summed E-state index contributed by atoms with van der Waals surface area (Å²) in [6.07, 6.45) is 7.39. The molecule has 1 aromatic rings. The van der Waals surface area contributed by atoms with Crippen LogP contribution < -0.4 is 10.1 Å². The zero-order valence-electron chi connectivity index (χ0n) is 25.8. The molecule has 0 amide bonds. The molecule has 238 valence electrons. The Balaban J connectivity index is 0.00000197. The zero-order valence-corrected chi connectivity index (χ0v) is 26.6. The third kappa shape index (κ3) is 10.6. The summed E-state index contributed by atoms with van der Waals surface area (Å²) in [6, 6.07) is 4.59. The fourth-order valence-corrected chi connectivity index (χ4v) is 6.86. The van der Waals surface area contributed by atoms with Crippen LogP contribution in [0.15, 0.2) is 35.3 Å². The Bertz CT molecular complexity index is 1060. The first-order valence-corrected chi connectivity index (χ1v) is 15.6. The molecule has 2 saturated heterocycles. The molecule has 2 fully saturated rings. The number of halogens is 4. The molecule has 1 aromatic carbocycles. The van der Waals surface area contributed by atoms with Crippen LogP contribution in [-0.2, 0) is 4.79 Å². The molecule has 2 aliphatic heterocycles. The summed E-state index contributed by atoms with van der Waals surface area (Å²) in [5.74, 6) is -2.62. The summed E-state index contributed by atoms with van der Waals surface area (Å²) < 4.78 is 61.2. The van der Waals surface area contributed by atoms with E-state index in [0.717, 1.165) is 35.9 Å². The number of nitrogens with zero attached hydrogens (tertiary/aromatic N) is 1. The maximum absolute atomic E-state index is 14.8. The quantitative estimate of drug-likeness (QED) is 0.203. The second-order valence-corrected chi connectivity index (χ2v) is 13.3. The van der Waals surface area contributed by atoms with Crippen LogP contribution in [0.4, 0.5) is 17.6 Å². The lowest BCUT2D eigenvalue weighted by Gasteiger charge is -2.43. The highest BCUT2D eigenvalue weighted by Crippen LogP contribution is 2.45. The molecule has 0 aliphatic carbocycles. The first kappa shape index (κ1) is 36.2. The number of piperidine rings is 2. The minimum Gasteiger partial charge on any atom is -0.483 e. The van der Waals surface area contributed by atoms with Crippen molar-refractivity contribution in [3.05, 3.63) is 46.4 Å². The summed E-state index contributed by atoms with van der Waals surface area (Å²) in [7, 11) is 0. The standard InChI is InChI=1S/C31H46F4N2OS.CH2O2/c1-7-10-28(39-24(9-3)19-37-17-21(8-2)15-23(18-37)30(4,5)6)25-16-22(11-12-27(25)38-29(32)33)26-13-14-36-20-31(26,34)35;2-1-3/h9-12,16,21,23,26,29,36H,7-8,13-15,17-20H2,1-6H3;1H,(H,2,3)/b24-9-,28-10-;. The summed E-state index contributed by atoms with van der Waals surface area (Å²) in [6.45, 7) is 12.8. The minimum atomic E-state index is -3.00. The summed E-state index contributed by atoms with van der Waals surface area (Å²) >= 11 is 1.53. The van der Waals surface area contributed by atoms with Gasteiger partial charge in [0, 0.05) is 30.1 Å². The molecule has 0 spiro atoms. The summed E-state index contributed by atoms with van der Waals surface area (Å²) in [5.41, 5.74) is 1.13. The number of carbonyl (C=O) groups is 1. The average molecular weight is 617 g/mol. The van der Waals surface area contributed by atoms with Crippen molar-refractivity contribution in [3.8, 4) is 5.75 Å². The smallest absolute Gasteiger partial charge is 0.387 e. The van der Waals surface area contributed by atoms with Crippen molar-refractivity contribution >= 4 is 23.1 Å². The van der Waals surface area contributed by atoms with Crippen LogP contribution >= 0.6 is 11.8 Å². The molecule has 10 heteroatoms. The van der Waals surface area contributed by atoms with Crippen molar-refractivity contribution in [2.75, 3.05) is 32.7 Å². The Morgan fingerprint density at radius 1 is 1.26 bits per heavy atom. The average Bonchev–Trinajstić information content (AvgIpc) is 2.92. The second kappa shape index (κ2) is 16.7. The van der Waals surface area contributed by atoms with Gasteiger partial charge in [-0.2, -0.15) is 8.78 Å². The number of allylic oxidation sites excluding steroid dienone is 2. The Morgan fingerprint density at radius 3 is 2.50 bits per heavy atom. The number of nitrogens with one attached hydrogen (secondary N) is 1. The Labute approximate surface area is 253 Å². The largest absolute Gasteiger partial charge is 0.483 e. The fraction of sp³-hybridized carbons (Fsp3) is 0.656. The number of likely N-dealkylation sites (tertiary alicyclic amines) is 1. The van der Waals surface area contributed by atoms with Crippen LogP contribution in [0.3, 0.4) is 0 Å². The topological polar surface area (TPSA) is 61.8 Å². The van der Waals surface area contributed by atoms with E-state index in [1.165, 1.54) is 30.3 Å². The van der Waals surface area contributed by atoms with Crippen LogP contribution in [-0.4, -0.2) is 61.7 Å². The number of rotatable bonds is 10. The lowest BCUT2D eigenvalue weighted by atomic mass is 9.73. The number of thioether (sulfide) groups is 1. The highest BCUT2D eigenvalue weighted by Gasteiger charge is 2.42. The molecule has 42 heavy (non-hydrogen) atoms. The number of benzene rings is 1. The molecule has 0 saturated carbocycles. The van der Waals surface area contributed by atoms with Crippen molar-refractivity contribution in [3.63, 3.8) is 0 Å². The van der Waals surface area contributed by atoms with Gasteiger partial charge in [-0.15, -0.1) is 0 Å². The van der Waals surface area contributed by atoms with E-state index in [0.29, 0.717) is 35.9 Å².